The zero-order chi connectivity index (χ0) is 12.8. The first-order chi connectivity index (χ1) is 8.00. The number of hydrogen-bond donors (Lipinski definition) is 3. The fraction of sp³-hybridized carbons (Fsp3) is 0.273. The molecule has 0 radical (unpaired) electrons. The third kappa shape index (κ3) is 4.36. The molecule has 0 atom stereocenters. The maximum atomic E-state index is 13.5. The highest BCUT2D eigenvalue weighted by Crippen LogP contribution is 2.14. The van der Waals surface area contributed by atoms with Crippen molar-refractivity contribution < 1.29 is 9.18 Å². The highest BCUT2D eigenvalue weighted by Gasteiger charge is 2.05. The molecule has 0 unspecified atom stereocenters. The quantitative estimate of drug-likeness (QED) is 0.526. The molecule has 1 aromatic carbocycles. The summed E-state index contributed by atoms with van der Waals surface area (Å²) in [5.74, 6) is -0.806. The number of halogens is 1. The number of hydrogen-bond acceptors (Lipinski definition) is 3. The van der Waals surface area contributed by atoms with Gasteiger partial charge in [0.25, 0.3) is 0 Å². The van der Waals surface area contributed by atoms with E-state index in [1.807, 2.05) is 0 Å². The number of nitrogens with one attached hydrogen (secondary N) is 1. The summed E-state index contributed by atoms with van der Waals surface area (Å²) in [6, 6.07) is 4.52. The molecule has 0 aliphatic heterocycles. The number of carbonyl (C=O) groups is 1. The Hall–Kier alpha value is -1.69. The Kier molecular flexibility index (Phi) is 4.84. The van der Waals surface area contributed by atoms with E-state index in [0.717, 1.165) is 0 Å². The van der Waals surface area contributed by atoms with Crippen LogP contribution in [0.15, 0.2) is 18.2 Å². The van der Waals surface area contributed by atoms with Crippen LogP contribution in [0.4, 0.5) is 10.1 Å². The van der Waals surface area contributed by atoms with Gasteiger partial charge in [-0.3, -0.25) is 4.79 Å². The number of nitrogens with two attached hydrogens (primary N) is 2. The second kappa shape index (κ2) is 6.15. The van der Waals surface area contributed by atoms with Gasteiger partial charge in [0, 0.05) is 24.2 Å². The Bertz CT molecular complexity index is 437. The number of thiocarbonyl (C=S) groups is 1. The predicted octanol–water partition coefficient (Wildman–Crippen LogP) is 1.14. The van der Waals surface area contributed by atoms with Crippen LogP contribution in [0.25, 0.3) is 0 Å². The van der Waals surface area contributed by atoms with Crippen LogP contribution in [0.3, 0.4) is 0 Å². The summed E-state index contributed by atoms with van der Waals surface area (Å²) in [6.07, 6.45) is 0.911. The fourth-order valence-electron chi connectivity index (χ4n) is 1.32. The molecule has 5 N–H and O–H groups in total. The summed E-state index contributed by atoms with van der Waals surface area (Å²) in [5, 5.41) is 2.98. The molecule has 0 aromatic heterocycles. The molecule has 1 amide bonds. The van der Waals surface area contributed by atoms with E-state index in [9.17, 15) is 9.18 Å². The van der Waals surface area contributed by atoms with Crippen molar-refractivity contribution in [2.75, 3.05) is 11.9 Å². The lowest BCUT2D eigenvalue weighted by atomic mass is 10.2. The maximum absolute atomic E-state index is 13.5. The predicted molar refractivity (Wildman–Crippen MR) is 69.2 cm³/mol. The minimum Gasteiger partial charge on any atom is -0.389 e. The molecule has 1 aromatic rings. The molecule has 1 rings (SSSR count). The van der Waals surface area contributed by atoms with Gasteiger partial charge >= 0.3 is 0 Å². The molecule has 0 saturated carbocycles. The van der Waals surface area contributed by atoms with Crippen LogP contribution < -0.4 is 16.8 Å². The van der Waals surface area contributed by atoms with E-state index in [-0.39, 0.29) is 16.5 Å². The average Bonchev–Trinajstić information content (AvgIpc) is 2.23. The zero-order valence-electron chi connectivity index (χ0n) is 9.20. The first kappa shape index (κ1) is 13.4. The average molecular weight is 255 g/mol. The summed E-state index contributed by atoms with van der Waals surface area (Å²) in [6.45, 7) is 0.550. The zero-order valence-corrected chi connectivity index (χ0v) is 10.0. The van der Waals surface area contributed by atoms with Crippen LogP contribution in [0.5, 0.6) is 0 Å². The minimum atomic E-state index is -0.461. The molecular formula is C11H14FN3OS. The van der Waals surface area contributed by atoms with Gasteiger partial charge in [0.2, 0.25) is 5.91 Å². The lowest BCUT2D eigenvalue weighted by Crippen LogP contribution is -2.13. The van der Waals surface area contributed by atoms with Crippen LogP contribution >= 0.6 is 12.2 Å². The minimum absolute atomic E-state index is 0.0304. The van der Waals surface area contributed by atoms with Crippen LogP contribution in [0.1, 0.15) is 18.4 Å². The summed E-state index contributed by atoms with van der Waals surface area (Å²) < 4.78 is 13.5. The second-order valence-electron chi connectivity index (χ2n) is 3.56. The number of primary amides is 1. The number of carbonyl (C=O) groups excluding carboxylic acids is 1. The van der Waals surface area contributed by atoms with E-state index in [1.54, 1.807) is 6.07 Å². The monoisotopic (exact) mass is 255 g/mol. The highest BCUT2D eigenvalue weighted by molar-refractivity contribution is 7.80. The number of rotatable bonds is 6. The van der Waals surface area contributed by atoms with E-state index in [4.69, 9.17) is 23.7 Å². The summed E-state index contributed by atoms with van der Waals surface area (Å²) >= 11 is 4.69. The molecule has 4 nitrogen and oxygen atoms in total. The van der Waals surface area contributed by atoms with E-state index in [2.05, 4.69) is 5.32 Å². The van der Waals surface area contributed by atoms with E-state index in [1.165, 1.54) is 12.1 Å². The lowest BCUT2D eigenvalue weighted by molar-refractivity contribution is -0.118. The SMILES string of the molecule is NC(=O)CCCNc1ccc(C(N)=S)c(F)c1. The van der Waals surface area contributed by atoms with Gasteiger partial charge in [-0.05, 0) is 24.6 Å². The largest absolute Gasteiger partial charge is 0.389 e. The molecule has 17 heavy (non-hydrogen) atoms. The summed E-state index contributed by atoms with van der Waals surface area (Å²) in [5.41, 5.74) is 11.2. The van der Waals surface area contributed by atoms with Crippen molar-refractivity contribution >= 4 is 28.8 Å². The Morgan fingerprint density at radius 2 is 2.12 bits per heavy atom. The van der Waals surface area contributed by atoms with Gasteiger partial charge in [0.1, 0.15) is 10.8 Å². The maximum Gasteiger partial charge on any atom is 0.217 e. The highest BCUT2D eigenvalue weighted by atomic mass is 32.1. The van der Waals surface area contributed by atoms with Gasteiger partial charge in [0.15, 0.2) is 0 Å². The molecule has 0 aliphatic carbocycles. The van der Waals surface area contributed by atoms with Crippen molar-refractivity contribution in [3.8, 4) is 0 Å². The van der Waals surface area contributed by atoms with Gasteiger partial charge in [-0.15, -0.1) is 0 Å². The summed E-state index contributed by atoms with van der Waals surface area (Å²) in [7, 11) is 0. The third-order valence-corrected chi connectivity index (χ3v) is 2.38. The van der Waals surface area contributed by atoms with Crippen molar-refractivity contribution in [1.82, 2.24) is 0 Å². The normalized spacial score (nSPS) is 9.94. The van der Waals surface area contributed by atoms with Gasteiger partial charge in [0.05, 0.1) is 0 Å². The number of benzene rings is 1. The molecular weight excluding hydrogens is 241 g/mol. The molecule has 0 heterocycles. The Labute approximate surface area is 104 Å². The van der Waals surface area contributed by atoms with Crippen molar-refractivity contribution in [2.24, 2.45) is 11.5 Å². The standard InChI is InChI=1S/C11H14FN3OS/c12-9-6-7(3-4-8(9)11(14)17)15-5-1-2-10(13)16/h3-4,6,15H,1-2,5H2,(H2,13,16)(H2,14,17). The van der Waals surface area contributed by atoms with Crippen molar-refractivity contribution in [3.63, 3.8) is 0 Å². The lowest BCUT2D eigenvalue weighted by Gasteiger charge is -2.07. The number of anilines is 1. The molecule has 0 saturated heterocycles. The molecule has 92 valence electrons. The third-order valence-electron chi connectivity index (χ3n) is 2.16. The summed E-state index contributed by atoms with van der Waals surface area (Å²) in [4.78, 5) is 10.5. The van der Waals surface area contributed by atoms with Crippen LogP contribution in [0.2, 0.25) is 0 Å². The molecule has 0 spiro atoms. The topological polar surface area (TPSA) is 81.1 Å². The van der Waals surface area contributed by atoms with Gasteiger partial charge in [-0.1, -0.05) is 12.2 Å². The molecule has 0 bridgehead atoms. The Balaban J connectivity index is 2.53. The smallest absolute Gasteiger partial charge is 0.217 e. The molecule has 0 aliphatic rings. The first-order valence-electron chi connectivity index (χ1n) is 5.12. The van der Waals surface area contributed by atoms with Crippen LogP contribution in [0, 0.1) is 5.82 Å². The van der Waals surface area contributed by atoms with Gasteiger partial charge < -0.3 is 16.8 Å². The second-order valence-corrected chi connectivity index (χ2v) is 4.00. The van der Waals surface area contributed by atoms with Crippen molar-refractivity contribution in [2.45, 2.75) is 12.8 Å². The van der Waals surface area contributed by atoms with Crippen LogP contribution in [-0.2, 0) is 4.79 Å². The van der Waals surface area contributed by atoms with E-state index >= 15 is 0 Å². The number of amides is 1. The molecule has 0 fully saturated rings. The van der Waals surface area contributed by atoms with Crippen molar-refractivity contribution in [3.05, 3.63) is 29.6 Å². The van der Waals surface area contributed by atoms with E-state index in [0.29, 0.717) is 25.1 Å². The van der Waals surface area contributed by atoms with Crippen LogP contribution in [-0.4, -0.2) is 17.4 Å². The van der Waals surface area contributed by atoms with E-state index < -0.39 is 5.82 Å². The van der Waals surface area contributed by atoms with Crippen molar-refractivity contribution in [1.29, 1.82) is 0 Å². The first-order valence-corrected chi connectivity index (χ1v) is 5.53. The Morgan fingerprint density at radius 3 is 2.65 bits per heavy atom. The Morgan fingerprint density at radius 1 is 1.41 bits per heavy atom. The molecule has 6 heteroatoms. The van der Waals surface area contributed by atoms with Gasteiger partial charge in [-0.2, -0.15) is 0 Å². The van der Waals surface area contributed by atoms with Gasteiger partial charge in [-0.25, -0.2) is 4.39 Å². The fourth-order valence-corrected chi connectivity index (χ4v) is 1.49.